The van der Waals surface area contributed by atoms with Crippen LogP contribution in [0.4, 0.5) is 0 Å². The Morgan fingerprint density at radius 3 is 2.92 bits per heavy atom. The van der Waals surface area contributed by atoms with Gasteiger partial charge in [-0.1, -0.05) is 0 Å². The molecule has 4 heteroatoms. The SMILES string of the molecule is Cn1ccn2cc(Br)cc2c1=O. The highest BCUT2D eigenvalue weighted by atomic mass is 79.9. The molecule has 0 saturated heterocycles. The zero-order valence-corrected chi connectivity index (χ0v) is 8.08. The van der Waals surface area contributed by atoms with Gasteiger partial charge in [0.1, 0.15) is 5.52 Å². The molecule has 0 aliphatic carbocycles. The van der Waals surface area contributed by atoms with Crippen LogP contribution < -0.4 is 5.56 Å². The molecule has 2 aromatic heterocycles. The smallest absolute Gasteiger partial charge is 0.274 e. The largest absolute Gasteiger partial charge is 0.317 e. The van der Waals surface area contributed by atoms with Crippen molar-refractivity contribution in [3.8, 4) is 0 Å². The molecular formula is C8H7BrN2O. The van der Waals surface area contributed by atoms with Crippen LogP contribution in [-0.2, 0) is 7.05 Å². The number of halogens is 1. The minimum Gasteiger partial charge on any atom is -0.317 e. The fourth-order valence-corrected chi connectivity index (χ4v) is 1.60. The van der Waals surface area contributed by atoms with Crippen LogP contribution in [0.1, 0.15) is 0 Å². The van der Waals surface area contributed by atoms with Gasteiger partial charge in [0.25, 0.3) is 5.56 Å². The lowest BCUT2D eigenvalue weighted by Gasteiger charge is -1.96. The molecule has 0 aliphatic heterocycles. The van der Waals surface area contributed by atoms with Crippen LogP contribution >= 0.6 is 15.9 Å². The number of fused-ring (bicyclic) bond motifs is 1. The highest BCUT2D eigenvalue weighted by molar-refractivity contribution is 9.10. The maximum Gasteiger partial charge on any atom is 0.274 e. The number of aromatic nitrogens is 2. The van der Waals surface area contributed by atoms with Gasteiger partial charge in [0, 0.05) is 30.1 Å². The second-order valence-corrected chi connectivity index (χ2v) is 3.58. The maximum absolute atomic E-state index is 11.5. The highest BCUT2D eigenvalue weighted by Crippen LogP contribution is 2.11. The predicted molar refractivity (Wildman–Crippen MR) is 50.3 cm³/mol. The van der Waals surface area contributed by atoms with E-state index in [9.17, 15) is 4.79 Å². The Morgan fingerprint density at radius 2 is 2.17 bits per heavy atom. The van der Waals surface area contributed by atoms with Gasteiger partial charge in [-0.05, 0) is 22.0 Å². The van der Waals surface area contributed by atoms with E-state index < -0.39 is 0 Å². The van der Waals surface area contributed by atoms with Gasteiger partial charge in [-0.15, -0.1) is 0 Å². The molecule has 3 nitrogen and oxygen atoms in total. The van der Waals surface area contributed by atoms with Crippen LogP contribution in [0.5, 0.6) is 0 Å². The summed E-state index contributed by atoms with van der Waals surface area (Å²) in [6.07, 6.45) is 5.44. The van der Waals surface area contributed by atoms with Gasteiger partial charge in [0.05, 0.1) is 0 Å². The van der Waals surface area contributed by atoms with Gasteiger partial charge in [0.15, 0.2) is 0 Å². The Bertz CT molecular complexity index is 483. The van der Waals surface area contributed by atoms with Gasteiger partial charge in [-0.2, -0.15) is 0 Å². The standard InChI is InChI=1S/C8H7BrN2O/c1-10-2-3-11-5-6(9)4-7(11)8(10)12/h2-5H,1H3. The second kappa shape index (κ2) is 2.48. The van der Waals surface area contributed by atoms with Crippen molar-refractivity contribution in [2.75, 3.05) is 0 Å². The van der Waals surface area contributed by atoms with Gasteiger partial charge < -0.3 is 8.97 Å². The molecule has 0 saturated carbocycles. The highest BCUT2D eigenvalue weighted by Gasteiger charge is 2.00. The van der Waals surface area contributed by atoms with Crippen molar-refractivity contribution in [1.29, 1.82) is 0 Å². The molecular weight excluding hydrogens is 220 g/mol. The van der Waals surface area contributed by atoms with Crippen LogP contribution in [0.25, 0.3) is 5.52 Å². The second-order valence-electron chi connectivity index (χ2n) is 2.67. The average molecular weight is 227 g/mol. The van der Waals surface area contributed by atoms with Crippen LogP contribution in [0.3, 0.4) is 0 Å². The van der Waals surface area contributed by atoms with E-state index in [-0.39, 0.29) is 5.56 Å². The lowest BCUT2D eigenvalue weighted by Crippen LogP contribution is -2.17. The normalized spacial score (nSPS) is 10.8. The summed E-state index contributed by atoms with van der Waals surface area (Å²) in [5, 5.41) is 0. The third kappa shape index (κ3) is 0.992. The Labute approximate surface area is 77.4 Å². The zero-order chi connectivity index (χ0) is 8.72. The summed E-state index contributed by atoms with van der Waals surface area (Å²) in [7, 11) is 1.74. The first kappa shape index (κ1) is 7.61. The fourth-order valence-electron chi connectivity index (χ4n) is 1.16. The van der Waals surface area contributed by atoms with Gasteiger partial charge in [-0.3, -0.25) is 4.79 Å². The van der Waals surface area contributed by atoms with Crippen molar-refractivity contribution in [2.45, 2.75) is 0 Å². The molecule has 12 heavy (non-hydrogen) atoms. The Kier molecular flexibility index (Phi) is 1.58. The molecule has 2 heterocycles. The lowest BCUT2D eigenvalue weighted by molar-refractivity contribution is 0.846. The Morgan fingerprint density at radius 1 is 1.42 bits per heavy atom. The van der Waals surface area contributed by atoms with Crippen molar-refractivity contribution in [3.05, 3.63) is 39.5 Å². The molecule has 0 aliphatic rings. The van der Waals surface area contributed by atoms with Crippen molar-refractivity contribution in [1.82, 2.24) is 8.97 Å². The molecule has 0 radical (unpaired) electrons. The van der Waals surface area contributed by atoms with Crippen molar-refractivity contribution < 1.29 is 0 Å². The van der Waals surface area contributed by atoms with Crippen molar-refractivity contribution in [3.63, 3.8) is 0 Å². The summed E-state index contributed by atoms with van der Waals surface area (Å²) in [6, 6.07) is 1.81. The average Bonchev–Trinajstić information content (AvgIpc) is 2.39. The molecule has 0 unspecified atom stereocenters. The summed E-state index contributed by atoms with van der Waals surface area (Å²) in [4.78, 5) is 11.5. The molecule has 2 rings (SSSR count). The molecule has 62 valence electrons. The zero-order valence-electron chi connectivity index (χ0n) is 6.49. The fraction of sp³-hybridized carbons (Fsp3) is 0.125. The first-order chi connectivity index (χ1) is 5.68. The molecule has 0 amide bonds. The Balaban J connectivity index is 2.99. The van der Waals surface area contributed by atoms with Gasteiger partial charge in [-0.25, -0.2) is 0 Å². The number of rotatable bonds is 0. The quantitative estimate of drug-likeness (QED) is 0.668. The van der Waals surface area contributed by atoms with E-state index in [1.54, 1.807) is 22.2 Å². The molecule has 0 aromatic carbocycles. The molecule has 0 fully saturated rings. The molecule has 0 atom stereocenters. The topological polar surface area (TPSA) is 26.4 Å². The predicted octanol–water partition coefficient (Wildman–Crippen LogP) is 1.40. The summed E-state index contributed by atoms with van der Waals surface area (Å²) >= 11 is 3.31. The molecule has 0 bridgehead atoms. The van der Waals surface area contributed by atoms with E-state index >= 15 is 0 Å². The van der Waals surface area contributed by atoms with E-state index in [1.165, 1.54) is 0 Å². The van der Waals surface area contributed by atoms with E-state index in [0.717, 1.165) is 4.47 Å². The monoisotopic (exact) mass is 226 g/mol. The van der Waals surface area contributed by atoms with Crippen LogP contribution in [-0.4, -0.2) is 8.97 Å². The molecule has 2 aromatic rings. The van der Waals surface area contributed by atoms with Crippen LogP contribution in [0.15, 0.2) is 33.9 Å². The number of aryl methyl sites for hydroxylation is 1. The third-order valence-electron chi connectivity index (χ3n) is 1.81. The van der Waals surface area contributed by atoms with Crippen molar-refractivity contribution in [2.24, 2.45) is 7.05 Å². The summed E-state index contributed by atoms with van der Waals surface area (Å²) in [5.74, 6) is 0. The third-order valence-corrected chi connectivity index (χ3v) is 2.24. The van der Waals surface area contributed by atoms with Crippen LogP contribution in [0.2, 0.25) is 0 Å². The van der Waals surface area contributed by atoms with E-state index in [1.807, 2.05) is 18.5 Å². The number of hydrogen-bond acceptors (Lipinski definition) is 1. The minimum absolute atomic E-state index is 0.0169. The molecule has 0 spiro atoms. The summed E-state index contributed by atoms with van der Waals surface area (Å²) in [6.45, 7) is 0. The Hall–Kier alpha value is -1.03. The number of nitrogens with zero attached hydrogens (tertiary/aromatic N) is 2. The lowest BCUT2D eigenvalue weighted by atomic mass is 10.5. The van der Waals surface area contributed by atoms with Gasteiger partial charge in [0.2, 0.25) is 0 Å². The number of hydrogen-bond donors (Lipinski definition) is 0. The van der Waals surface area contributed by atoms with E-state index in [2.05, 4.69) is 15.9 Å². The summed E-state index contributed by atoms with van der Waals surface area (Å²) < 4.78 is 4.28. The van der Waals surface area contributed by atoms with E-state index in [4.69, 9.17) is 0 Å². The minimum atomic E-state index is 0.0169. The first-order valence-electron chi connectivity index (χ1n) is 3.51. The maximum atomic E-state index is 11.5. The van der Waals surface area contributed by atoms with E-state index in [0.29, 0.717) is 5.52 Å². The van der Waals surface area contributed by atoms with Crippen molar-refractivity contribution >= 4 is 21.4 Å². The van der Waals surface area contributed by atoms with Gasteiger partial charge >= 0.3 is 0 Å². The van der Waals surface area contributed by atoms with Crippen LogP contribution in [0, 0.1) is 0 Å². The summed E-state index contributed by atoms with van der Waals surface area (Å²) in [5.41, 5.74) is 0.704. The first-order valence-corrected chi connectivity index (χ1v) is 4.30. The molecule has 0 N–H and O–H groups in total.